The monoisotopic (exact) mass is 246 g/mol. The van der Waals surface area contributed by atoms with Gasteiger partial charge in [-0.15, -0.1) is 0 Å². The zero-order valence-corrected chi connectivity index (χ0v) is 11.2. The molecule has 0 heterocycles. The van der Waals surface area contributed by atoms with Crippen LogP contribution in [-0.2, 0) is 11.2 Å². The SMILES string of the molecule is CC(C1CC1)N(C)C(=O)[C@@H](N)Cc1ccccc1. The Morgan fingerprint density at radius 3 is 2.56 bits per heavy atom. The molecule has 1 aliphatic carbocycles. The summed E-state index contributed by atoms with van der Waals surface area (Å²) in [7, 11) is 1.87. The number of benzene rings is 1. The molecule has 1 aromatic rings. The summed E-state index contributed by atoms with van der Waals surface area (Å²) in [5.41, 5.74) is 7.13. The molecule has 1 saturated carbocycles. The van der Waals surface area contributed by atoms with Crippen molar-refractivity contribution in [1.82, 2.24) is 4.90 Å². The van der Waals surface area contributed by atoms with Gasteiger partial charge in [0.15, 0.2) is 0 Å². The maximum atomic E-state index is 12.2. The Morgan fingerprint density at radius 1 is 1.39 bits per heavy atom. The molecule has 0 spiro atoms. The van der Waals surface area contributed by atoms with Crippen LogP contribution >= 0.6 is 0 Å². The summed E-state index contributed by atoms with van der Waals surface area (Å²) in [5.74, 6) is 0.737. The molecule has 1 fully saturated rings. The first-order chi connectivity index (χ1) is 8.59. The number of amides is 1. The second-order valence-corrected chi connectivity index (χ2v) is 5.32. The molecule has 1 aromatic carbocycles. The Labute approximate surface area is 109 Å². The van der Waals surface area contributed by atoms with Crippen molar-refractivity contribution in [2.24, 2.45) is 11.7 Å². The van der Waals surface area contributed by atoms with Crippen molar-refractivity contribution >= 4 is 5.91 Å². The summed E-state index contributed by atoms with van der Waals surface area (Å²) in [4.78, 5) is 14.0. The third-order valence-corrected chi connectivity index (χ3v) is 3.88. The first kappa shape index (κ1) is 13.1. The van der Waals surface area contributed by atoms with Crippen LogP contribution in [0.4, 0.5) is 0 Å². The molecule has 0 radical (unpaired) electrons. The van der Waals surface area contributed by atoms with Crippen LogP contribution < -0.4 is 5.73 Å². The van der Waals surface area contributed by atoms with Gasteiger partial charge in [-0.05, 0) is 37.7 Å². The lowest BCUT2D eigenvalue weighted by molar-refractivity contribution is -0.133. The zero-order chi connectivity index (χ0) is 13.1. The summed E-state index contributed by atoms with van der Waals surface area (Å²) in [6, 6.07) is 9.83. The van der Waals surface area contributed by atoms with E-state index in [4.69, 9.17) is 5.73 Å². The lowest BCUT2D eigenvalue weighted by Gasteiger charge is -2.27. The average Bonchev–Trinajstić information content (AvgIpc) is 3.21. The molecule has 2 atom stereocenters. The number of likely N-dealkylation sites (N-methyl/N-ethyl adjacent to an activating group) is 1. The van der Waals surface area contributed by atoms with Crippen molar-refractivity contribution in [3.63, 3.8) is 0 Å². The van der Waals surface area contributed by atoms with E-state index in [1.54, 1.807) is 0 Å². The standard InChI is InChI=1S/C15H22N2O/c1-11(13-8-9-13)17(2)15(18)14(16)10-12-6-4-3-5-7-12/h3-7,11,13-14H,8-10,16H2,1-2H3/t11?,14-/m0/s1. The highest BCUT2D eigenvalue weighted by molar-refractivity contribution is 5.82. The second kappa shape index (κ2) is 5.53. The molecule has 2 N–H and O–H groups in total. The molecule has 1 amide bonds. The number of carbonyl (C=O) groups is 1. The van der Waals surface area contributed by atoms with Gasteiger partial charge in [0.1, 0.15) is 0 Å². The summed E-state index contributed by atoms with van der Waals surface area (Å²) in [5, 5.41) is 0. The second-order valence-electron chi connectivity index (χ2n) is 5.32. The predicted octanol–water partition coefficient (Wildman–Crippen LogP) is 1.81. The van der Waals surface area contributed by atoms with Crippen molar-refractivity contribution in [3.05, 3.63) is 35.9 Å². The van der Waals surface area contributed by atoms with Crippen LogP contribution in [0.3, 0.4) is 0 Å². The lowest BCUT2D eigenvalue weighted by Crippen LogP contribution is -2.47. The summed E-state index contributed by atoms with van der Waals surface area (Å²) in [6.45, 7) is 2.12. The van der Waals surface area contributed by atoms with Gasteiger partial charge in [-0.3, -0.25) is 4.79 Å². The molecule has 0 bridgehead atoms. The molecule has 3 nitrogen and oxygen atoms in total. The smallest absolute Gasteiger partial charge is 0.239 e. The highest BCUT2D eigenvalue weighted by Gasteiger charge is 2.33. The molecular formula is C15H22N2O. The van der Waals surface area contributed by atoms with Gasteiger partial charge in [0.25, 0.3) is 0 Å². The maximum absolute atomic E-state index is 12.2. The van der Waals surface area contributed by atoms with Crippen LogP contribution in [-0.4, -0.2) is 29.9 Å². The zero-order valence-electron chi connectivity index (χ0n) is 11.2. The summed E-state index contributed by atoms with van der Waals surface area (Å²) in [6.07, 6.45) is 3.10. The highest BCUT2D eigenvalue weighted by atomic mass is 16.2. The van der Waals surface area contributed by atoms with Crippen molar-refractivity contribution in [3.8, 4) is 0 Å². The average molecular weight is 246 g/mol. The largest absolute Gasteiger partial charge is 0.341 e. The van der Waals surface area contributed by atoms with Gasteiger partial charge in [0, 0.05) is 13.1 Å². The minimum atomic E-state index is -0.432. The van der Waals surface area contributed by atoms with E-state index in [0.717, 1.165) is 5.56 Å². The fourth-order valence-electron chi connectivity index (χ4n) is 2.31. The molecule has 3 heteroatoms. The van der Waals surface area contributed by atoms with E-state index < -0.39 is 6.04 Å². The molecule has 1 aliphatic rings. The van der Waals surface area contributed by atoms with Crippen LogP contribution in [0.5, 0.6) is 0 Å². The van der Waals surface area contributed by atoms with Gasteiger partial charge in [0.2, 0.25) is 5.91 Å². The third kappa shape index (κ3) is 3.10. The van der Waals surface area contributed by atoms with E-state index in [2.05, 4.69) is 6.92 Å². The van der Waals surface area contributed by atoms with Crippen LogP contribution in [0.25, 0.3) is 0 Å². The molecule has 0 saturated heterocycles. The minimum Gasteiger partial charge on any atom is -0.341 e. The predicted molar refractivity (Wildman–Crippen MR) is 73.1 cm³/mol. The summed E-state index contributed by atoms with van der Waals surface area (Å²) >= 11 is 0. The van der Waals surface area contributed by atoms with Crippen molar-refractivity contribution in [1.29, 1.82) is 0 Å². The van der Waals surface area contributed by atoms with Crippen molar-refractivity contribution in [2.75, 3.05) is 7.05 Å². The van der Waals surface area contributed by atoms with Crippen LogP contribution in [0.1, 0.15) is 25.3 Å². The molecule has 0 aromatic heterocycles. The van der Waals surface area contributed by atoms with E-state index >= 15 is 0 Å². The maximum Gasteiger partial charge on any atom is 0.239 e. The van der Waals surface area contributed by atoms with E-state index in [1.807, 2.05) is 42.3 Å². The van der Waals surface area contributed by atoms with Gasteiger partial charge in [0.05, 0.1) is 6.04 Å². The van der Waals surface area contributed by atoms with Gasteiger partial charge in [-0.25, -0.2) is 0 Å². The number of nitrogens with zero attached hydrogens (tertiary/aromatic N) is 1. The lowest BCUT2D eigenvalue weighted by atomic mass is 10.0. The van der Waals surface area contributed by atoms with E-state index in [0.29, 0.717) is 18.4 Å². The van der Waals surface area contributed by atoms with Gasteiger partial charge >= 0.3 is 0 Å². The van der Waals surface area contributed by atoms with Crippen LogP contribution in [0, 0.1) is 5.92 Å². The normalized spacial score (nSPS) is 18.2. The quantitative estimate of drug-likeness (QED) is 0.861. The molecule has 98 valence electrons. The highest BCUT2D eigenvalue weighted by Crippen LogP contribution is 2.34. The molecule has 2 rings (SSSR count). The first-order valence-electron chi connectivity index (χ1n) is 6.65. The first-order valence-corrected chi connectivity index (χ1v) is 6.65. The topological polar surface area (TPSA) is 46.3 Å². The van der Waals surface area contributed by atoms with Crippen LogP contribution in [0.2, 0.25) is 0 Å². The van der Waals surface area contributed by atoms with Gasteiger partial charge in [-0.1, -0.05) is 30.3 Å². The number of hydrogen-bond acceptors (Lipinski definition) is 2. The van der Waals surface area contributed by atoms with E-state index in [1.165, 1.54) is 12.8 Å². The Bertz CT molecular complexity index is 400. The Hall–Kier alpha value is -1.35. The summed E-state index contributed by atoms with van der Waals surface area (Å²) < 4.78 is 0. The van der Waals surface area contributed by atoms with E-state index in [9.17, 15) is 4.79 Å². The van der Waals surface area contributed by atoms with Gasteiger partial charge < -0.3 is 10.6 Å². The fourth-order valence-corrected chi connectivity index (χ4v) is 2.31. The Kier molecular flexibility index (Phi) is 4.02. The van der Waals surface area contributed by atoms with Crippen molar-refractivity contribution < 1.29 is 4.79 Å². The molecule has 18 heavy (non-hydrogen) atoms. The number of nitrogens with two attached hydrogens (primary N) is 1. The van der Waals surface area contributed by atoms with Crippen LogP contribution in [0.15, 0.2) is 30.3 Å². The molecular weight excluding hydrogens is 224 g/mol. The Balaban J connectivity index is 1.91. The fraction of sp³-hybridized carbons (Fsp3) is 0.533. The van der Waals surface area contributed by atoms with E-state index in [-0.39, 0.29) is 5.91 Å². The molecule has 0 aliphatic heterocycles. The van der Waals surface area contributed by atoms with Crippen molar-refractivity contribution in [2.45, 2.75) is 38.3 Å². The van der Waals surface area contributed by atoms with Gasteiger partial charge in [-0.2, -0.15) is 0 Å². The minimum absolute atomic E-state index is 0.0539. The third-order valence-electron chi connectivity index (χ3n) is 3.88. The number of hydrogen-bond donors (Lipinski definition) is 1. The number of carbonyl (C=O) groups excluding carboxylic acids is 1. The number of rotatable bonds is 5. The molecule has 1 unspecified atom stereocenters. The Morgan fingerprint density at radius 2 is 2.00 bits per heavy atom.